The normalized spacial score (nSPS) is 23.1. The van der Waals surface area contributed by atoms with Crippen LogP contribution in [0.1, 0.15) is 13.3 Å². The van der Waals surface area contributed by atoms with E-state index in [1.165, 1.54) is 6.33 Å². The molecule has 0 amide bonds. The summed E-state index contributed by atoms with van der Waals surface area (Å²) in [7, 11) is 0. The molecule has 2 aromatic rings. The average molecular weight is 279 g/mol. The highest BCUT2D eigenvalue weighted by Crippen LogP contribution is 2.31. The third kappa shape index (κ3) is 1.98. The summed E-state index contributed by atoms with van der Waals surface area (Å²) in [6, 6.07) is 0. The monoisotopic (exact) mass is 278 g/mol. The Hall–Kier alpha value is -1.95. The molecule has 1 aliphatic rings. The lowest BCUT2D eigenvalue weighted by molar-refractivity contribution is -0.145. The number of nitrogens with zero attached hydrogens (tertiary/aromatic N) is 4. The first-order valence-corrected chi connectivity index (χ1v) is 6.09. The van der Waals surface area contributed by atoms with E-state index in [-0.39, 0.29) is 5.97 Å². The zero-order valence-electron chi connectivity index (χ0n) is 10.3. The molecule has 2 aromatic heterocycles. The Labute approximate surface area is 114 Å². The van der Waals surface area contributed by atoms with Gasteiger partial charge in [-0.1, -0.05) is 18.2 Å². The van der Waals surface area contributed by atoms with Gasteiger partial charge in [-0.25, -0.2) is 19.7 Å². The highest BCUT2D eigenvalue weighted by molar-refractivity contribution is 6.33. The van der Waals surface area contributed by atoms with E-state index < -0.39 is 5.60 Å². The van der Waals surface area contributed by atoms with Crippen LogP contribution < -0.4 is 0 Å². The standard InChI is InChI=1S/C12H11ClN4O2/c1-7-3-12(2,19-11(7)18)4-17-6-16-8-9(13)14-5-15-10(8)17/h5-6H,1,3-4H2,2H3. The minimum Gasteiger partial charge on any atom is -0.454 e. The molecule has 1 atom stereocenters. The fraction of sp³-hybridized carbons (Fsp3) is 0.333. The number of cyclic esters (lactones) is 1. The van der Waals surface area contributed by atoms with Gasteiger partial charge >= 0.3 is 5.97 Å². The Bertz CT molecular complexity index is 678. The Morgan fingerprint density at radius 1 is 1.53 bits per heavy atom. The number of carbonyl (C=O) groups excluding carboxylic acids is 1. The second kappa shape index (κ2) is 4.03. The first-order chi connectivity index (χ1) is 8.98. The van der Waals surface area contributed by atoms with Gasteiger partial charge < -0.3 is 9.30 Å². The number of esters is 1. The molecular formula is C12H11ClN4O2. The Morgan fingerprint density at radius 2 is 2.32 bits per heavy atom. The van der Waals surface area contributed by atoms with Gasteiger partial charge in [0.25, 0.3) is 0 Å². The van der Waals surface area contributed by atoms with Gasteiger partial charge in [0.1, 0.15) is 17.4 Å². The van der Waals surface area contributed by atoms with E-state index >= 15 is 0 Å². The molecule has 0 spiro atoms. The van der Waals surface area contributed by atoms with Gasteiger partial charge in [0.2, 0.25) is 0 Å². The van der Waals surface area contributed by atoms with Crippen LogP contribution in [0.5, 0.6) is 0 Å². The molecule has 19 heavy (non-hydrogen) atoms. The van der Waals surface area contributed by atoms with Gasteiger partial charge in [0.05, 0.1) is 12.9 Å². The molecule has 0 N–H and O–H groups in total. The van der Waals surface area contributed by atoms with E-state index in [0.717, 1.165) is 0 Å². The molecule has 1 unspecified atom stereocenters. The molecule has 0 aromatic carbocycles. The number of fused-ring (bicyclic) bond motifs is 1. The lowest BCUT2D eigenvalue weighted by atomic mass is 10.0. The van der Waals surface area contributed by atoms with Crippen molar-refractivity contribution in [3.8, 4) is 0 Å². The quantitative estimate of drug-likeness (QED) is 0.475. The number of rotatable bonds is 2. The molecule has 0 saturated carbocycles. The van der Waals surface area contributed by atoms with Crippen molar-refractivity contribution in [2.24, 2.45) is 0 Å². The average Bonchev–Trinajstić information content (AvgIpc) is 2.83. The Morgan fingerprint density at radius 3 is 3.00 bits per heavy atom. The van der Waals surface area contributed by atoms with Crippen LogP contribution in [0.15, 0.2) is 24.8 Å². The molecule has 0 radical (unpaired) electrons. The number of halogens is 1. The third-order valence-electron chi connectivity index (χ3n) is 3.08. The van der Waals surface area contributed by atoms with Crippen LogP contribution in [0, 0.1) is 0 Å². The fourth-order valence-electron chi connectivity index (χ4n) is 2.27. The predicted octanol–water partition coefficient (Wildman–Crippen LogP) is 1.74. The van der Waals surface area contributed by atoms with Gasteiger partial charge in [0, 0.05) is 12.0 Å². The van der Waals surface area contributed by atoms with E-state index in [0.29, 0.717) is 34.9 Å². The van der Waals surface area contributed by atoms with Crippen molar-refractivity contribution in [1.82, 2.24) is 19.5 Å². The summed E-state index contributed by atoms with van der Waals surface area (Å²) in [5, 5.41) is 0.307. The first-order valence-electron chi connectivity index (χ1n) is 5.71. The Kier molecular flexibility index (Phi) is 2.56. The zero-order valence-corrected chi connectivity index (χ0v) is 11.0. The van der Waals surface area contributed by atoms with E-state index in [1.54, 1.807) is 10.9 Å². The van der Waals surface area contributed by atoms with Crippen molar-refractivity contribution in [3.05, 3.63) is 30.0 Å². The minimum atomic E-state index is -0.626. The summed E-state index contributed by atoms with van der Waals surface area (Å²) < 4.78 is 7.15. The Balaban J connectivity index is 1.96. The van der Waals surface area contributed by atoms with E-state index in [9.17, 15) is 4.79 Å². The number of aromatic nitrogens is 4. The maximum absolute atomic E-state index is 11.4. The van der Waals surface area contributed by atoms with Crippen LogP contribution in [0.3, 0.4) is 0 Å². The summed E-state index contributed by atoms with van der Waals surface area (Å²) in [4.78, 5) is 23.6. The number of hydrogen-bond donors (Lipinski definition) is 0. The molecule has 98 valence electrons. The molecule has 7 heteroatoms. The van der Waals surface area contributed by atoms with Crippen molar-refractivity contribution in [2.75, 3.05) is 0 Å². The summed E-state index contributed by atoms with van der Waals surface area (Å²) in [6.07, 6.45) is 3.49. The maximum Gasteiger partial charge on any atom is 0.334 e. The lowest BCUT2D eigenvalue weighted by Crippen LogP contribution is -2.30. The number of hydrogen-bond acceptors (Lipinski definition) is 5. The van der Waals surface area contributed by atoms with Crippen molar-refractivity contribution < 1.29 is 9.53 Å². The van der Waals surface area contributed by atoms with Crippen molar-refractivity contribution in [2.45, 2.75) is 25.5 Å². The van der Waals surface area contributed by atoms with Crippen LogP contribution in [0.25, 0.3) is 11.2 Å². The van der Waals surface area contributed by atoms with Gasteiger partial charge in [-0.2, -0.15) is 0 Å². The predicted molar refractivity (Wildman–Crippen MR) is 68.6 cm³/mol. The van der Waals surface area contributed by atoms with Crippen molar-refractivity contribution in [1.29, 1.82) is 0 Å². The van der Waals surface area contributed by atoms with Crippen molar-refractivity contribution in [3.63, 3.8) is 0 Å². The molecule has 3 rings (SSSR count). The molecule has 1 saturated heterocycles. The van der Waals surface area contributed by atoms with E-state index in [4.69, 9.17) is 16.3 Å². The van der Waals surface area contributed by atoms with Crippen LogP contribution in [0.4, 0.5) is 0 Å². The molecule has 0 bridgehead atoms. The zero-order chi connectivity index (χ0) is 13.6. The SMILES string of the molecule is C=C1CC(C)(Cn2cnc3c(Cl)ncnc32)OC1=O. The molecule has 3 heterocycles. The number of ether oxygens (including phenoxy) is 1. The number of carbonyl (C=O) groups is 1. The second-order valence-electron chi connectivity index (χ2n) is 4.83. The number of imidazole rings is 1. The van der Waals surface area contributed by atoms with Gasteiger partial charge in [0.15, 0.2) is 10.8 Å². The molecule has 0 aliphatic carbocycles. The van der Waals surface area contributed by atoms with Gasteiger partial charge in [-0.05, 0) is 6.92 Å². The molecule has 6 nitrogen and oxygen atoms in total. The molecule has 1 fully saturated rings. The van der Waals surface area contributed by atoms with E-state index in [2.05, 4.69) is 21.5 Å². The largest absolute Gasteiger partial charge is 0.454 e. The van der Waals surface area contributed by atoms with E-state index in [1.807, 2.05) is 6.92 Å². The van der Waals surface area contributed by atoms with Gasteiger partial charge in [-0.3, -0.25) is 0 Å². The topological polar surface area (TPSA) is 69.9 Å². The van der Waals surface area contributed by atoms with Crippen LogP contribution in [-0.4, -0.2) is 31.1 Å². The smallest absolute Gasteiger partial charge is 0.334 e. The minimum absolute atomic E-state index is 0.307. The second-order valence-corrected chi connectivity index (χ2v) is 5.19. The summed E-state index contributed by atoms with van der Waals surface area (Å²) >= 11 is 5.94. The summed E-state index contributed by atoms with van der Waals surface area (Å²) in [6.45, 7) is 6.00. The van der Waals surface area contributed by atoms with Gasteiger partial charge in [-0.15, -0.1) is 0 Å². The van der Waals surface area contributed by atoms with Crippen LogP contribution in [-0.2, 0) is 16.1 Å². The summed E-state index contributed by atoms with van der Waals surface area (Å²) in [5.41, 5.74) is 1.02. The first kappa shape index (κ1) is 12.1. The maximum atomic E-state index is 11.4. The lowest BCUT2D eigenvalue weighted by Gasteiger charge is -2.22. The fourth-order valence-corrected chi connectivity index (χ4v) is 2.45. The molecule has 1 aliphatic heterocycles. The van der Waals surface area contributed by atoms with Crippen molar-refractivity contribution >= 4 is 28.7 Å². The van der Waals surface area contributed by atoms with Crippen LogP contribution >= 0.6 is 11.6 Å². The third-order valence-corrected chi connectivity index (χ3v) is 3.35. The highest BCUT2D eigenvalue weighted by atomic mass is 35.5. The van der Waals surface area contributed by atoms with Crippen LogP contribution in [0.2, 0.25) is 5.15 Å². The highest BCUT2D eigenvalue weighted by Gasteiger charge is 2.39. The molecular weight excluding hydrogens is 268 g/mol. The summed E-state index contributed by atoms with van der Waals surface area (Å²) in [5.74, 6) is -0.348.